The highest BCUT2D eigenvalue weighted by molar-refractivity contribution is 5.76. The monoisotopic (exact) mass is 282 g/mol. The Morgan fingerprint density at radius 2 is 1.90 bits per heavy atom. The number of aryl methyl sites for hydroxylation is 1. The number of carbonyl (C=O) groups is 1. The van der Waals surface area contributed by atoms with E-state index in [0.717, 1.165) is 18.5 Å². The smallest absolute Gasteiger partial charge is 0.251 e. The zero-order chi connectivity index (χ0) is 14.8. The molecule has 0 saturated carbocycles. The van der Waals surface area contributed by atoms with Crippen molar-refractivity contribution in [3.63, 3.8) is 0 Å². The zero-order valence-electron chi connectivity index (χ0n) is 12.1. The van der Waals surface area contributed by atoms with Gasteiger partial charge in [0, 0.05) is 25.4 Å². The normalized spacial score (nSPS) is 13.9. The van der Waals surface area contributed by atoms with Crippen molar-refractivity contribution in [3.05, 3.63) is 69.6 Å². The Balaban J connectivity index is 1.75. The molecule has 1 aromatic heterocycles. The van der Waals surface area contributed by atoms with Gasteiger partial charge < -0.3 is 9.47 Å². The summed E-state index contributed by atoms with van der Waals surface area (Å²) in [4.78, 5) is 26.0. The van der Waals surface area contributed by atoms with Crippen LogP contribution in [-0.2, 0) is 24.3 Å². The van der Waals surface area contributed by atoms with Crippen LogP contribution < -0.4 is 5.56 Å². The average molecular weight is 282 g/mol. The summed E-state index contributed by atoms with van der Waals surface area (Å²) in [5, 5.41) is 0. The van der Waals surface area contributed by atoms with Crippen molar-refractivity contribution in [3.8, 4) is 0 Å². The molecule has 21 heavy (non-hydrogen) atoms. The molecule has 2 aromatic rings. The number of aromatic nitrogens is 1. The van der Waals surface area contributed by atoms with Crippen molar-refractivity contribution >= 4 is 5.91 Å². The second kappa shape index (κ2) is 5.56. The van der Waals surface area contributed by atoms with E-state index in [0.29, 0.717) is 6.54 Å². The topological polar surface area (TPSA) is 42.3 Å². The SMILES string of the molecule is Cc1ccc(=O)n(CC(=O)N2CCc3ccccc3C2)c1. The molecule has 1 aliphatic heterocycles. The third kappa shape index (κ3) is 2.89. The fourth-order valence-electron chi connectivity index (χ4n) is 2.73. The highest BCUT2D eigenvalue weighted by Gasteiger charge is 2.20. The quantitative estimate of drug-likeness (QED) is 0.842. The molecule has 0 unspecified atom stereocenters. The van der Waals surface area contributed by atoms with Crippen molar-refractivity contribution in [2.75, 3.05) is 6.54 Å². The fraction of sp³-hybridized carbons (Fsp3) is 0.294. The summed E-state index contributed by atoms with van der Waals surface area (Å²) >= 11 is 0. The predicted octanol–water partition coefficient (Wildman–Crippen LogP) is 1.74. The van der Waals surface area contributed by atoms with E-state index in [1.54, 1.807) is 12.3 Å². The van der Waals surface area contributed by atoms with Crippen molar-refractivity contribution in [1.82, 2.24) is 9.47 Å². The van der Waals surface area contributed by atoms with Crippen LogP contribution in [0, 0.1) is 6.92 Å². The minimum absolute atomic E-state index is 0.00259. The molecular weight excluding hydrogens is 264 g/mol. The molecule has 3 rings (SSSR count). The molecule has 1 aromatic carbocycles. The van der Waals surface area contributed by atoms with Gasteiger partial charge in [0.25, 0.3) is 5.56 Å². The van der Waals surface area contributed by atoms with Crippen molar-refractivity contribution in [1.29, 1.82) is 0 Å². The Bertz CT molecular complexity index is 734. The lowest BCUT2D eigenvalue weighted by Gasteiger charge is -2.29. The van der Waals surface area contributed by atoms with Crippen molar-refractivity contribution in [2.45, 2.75) is 26.4 Å². The number of amides is 1. The average Bonchev–Trinajstić information content (AvgIpc) is 2.50. The van der Waals surface area contributed by atoms with Gasteiger partial charge in [0.15, 0.2) is 0 Å². The van der Waals surface area contributed by atoms with Gasteiger partial charge in [-0.25, -0.2) is 0 Å². The van der Waals surface area contributed by atoms with E-state index in [4.69, 9.17) is 0 Å². The van der Waals surface area contributed by atoms with E-state index in [9.17, 15) is 9.59 Å². The number of hydrogen-bond donors (Lipinski definition) is 0. The van der Waals surface area contributed by atoms with Crippen LogP contribution in [0.1, 0.15) is 16.7 Å². The third-order valence-electron chi connectivity index (χ3n) is 3.92. The van der Waals surface area contributed by atoms with Crippen LogP contribution in [0.3, 0.4) is 0 Å². The Morgan fingerprint density at radius 3 is 2.71 bits per heavy atom. The van der Waals surface area contributed by atoms with Gasteiger partial charge in [-0.2, -0.15) is 0 Å². The predicted molar refractivity (Wildman–Crippen MR) is 81.0 cm³/mol. The number of benzene rings is 1. The third-order valence-corrected chi connectivity index (χ3v) is 3.92. The van der Waals surface area contributed by atoms with Crippen molar-refractivity contribution in [2.24, 2.45) is 0 Å². The Hall–Kier alpha value is -2.36. The molecule has 0 saturated heterocycles. The molecule has 0 spiro atoms. The molecule has 1 aliphatic rings. The van der Waals surface area contributed by atoms with Crippen LogP contribution in [0.5, 0.6) is 0 Å². The highest BCUT2D eigenvalue weighted by atomic mass is 16.2. The maximum atomic E-state index is 12.4. The van der Waals surface area contributed by atoms with Crippen LogP contribution in [0.2, 0.25) is 0 Å². The molecule has 4 nitrogen and oxygen atoms in total. The zero-order valence-corrected chi connectivity index (χ0v) is 12.1. The summed E-state index contributed by atoms with van der Waals surface area (Å²) in [5.41, 5.74) is 3.36. The number of fused-ring (bicyclic) bond motifs is 1. The summed E-state index contributed by atoms with van der Waals surface area (Å²) in [6, 6.07) is 11.5. The van der Waals surface area contributed by atoms with Gasteiger partial charge in [-0.1, -0.05) is 30.3 Å². The van der Waals surface area contributed by atoms with Crippen LogP contribution in [0.15, 0.2) is 47.4 Å². The van der Waals surface area contributed by atoms with Gasteiger partial charge in [-0.3, -0.25) is 9.59 Å². The van der Waals surface area contributed by atoms with E-state index in [2.05, 4.69) is 12.1 Å². The maximum absolute atomic E-state index is 12.4. The first-order valence-corrected chi connectivity index (χ1v) is 7.15. The lowest BCUT2D eigenvalue weighted by molar-refractivity contribution is -0.132. The fourth-order valence-corrected chi connectivity index (χ4v) is 2.73. The standard InChI is InChI=1S/C17H18N2O2/c1-13-6-7-16(20)19(10-13)12-17(21)18-9-8-14-4-2-3-5-15(14)11-18/h2-7,10H,8-9,11-12H2,1H3. The van der Waals surface area contributed by atoms with Crippen molar-refractivity contribution < 1.29 is 4.79 Å². The molecule has 4 heteroatoms. The van der Waals surface area contributed by atoms with Gasteiger partial charge >= 0.3 is 0 Å². The molecule has 2 heterocycles. The number of pyridine rings is 1. The molecule has 0 bridgehead atoms. The lowest BCUT2D eigenvalue weighted by Crippen LogP contribution is -2.39. The van der Waals surface area contributed by atoms with Gasteiger partial charge in [0.2, 0.25) is 5.91 Å². The second-order valence-electron chi connectivity index (χ2n) is 5.51. The first-order valence-electron chi connectivity index (χ1n) is 7.15. The number of hydrogen-bond acceptors (Lipinski definition) is 2. The summed E-state index contributed by atoms with van der Waals surface area (Å²) < 4.78 is 1.48. The summed E-state index contributed by atoms with van der Waals surface area (Å²) in [7, 11) is 0. The summed E-state index contributed by atoms with van der Waals surface area (Å²) in [5.74, 6) is -0.00259. The van der Waals surface area contributed by atoms with Gasteiger partial charge in [-0.15, -0.1) is 0 Å². The maximum Gasteiger partial charge on any atom is 0.251 e. The number of rotatable bonds is 2. The second-order valence-corrected chi connectivity index (χ2v) is 5.51. The van der Waals surface area contributed by atoms with E-state index >= 15 is 0 Å². The van der Waals surface area contributed by atoms with Crippen LogP contribution in [0.25, 0.3) is 0 Å². The van der Waals surface area contributed by atoms with E-state index in [-0.39, 0.29) is 18.0 Å². The van der Waals surface area contributed by atoms with E-state index < -0.39 is 0 Å². The first kappa shape index (κ1) is 13.6. The Kier molecular flexibility index (Phi) is 3.60. The molecular formula is C17H18N2O2. The molecule has 0 aliphatic carbocycles. The summed E-state index contributed by atoms with van der Waals surface area (Å²) in [6.07, 6.45) is 2.61. The molecule has 0 fully saturated rings. The van der Waals surface area contributed by atoms with Gasteiger partial charge in [-0.05, 0) is 30.0 Å². The Morgan fingerprint density at radius 1 is 1.14 bits per heavy atom. The molecule has 108 valence electrons. The van der Waals surface area contributed by atoms with E-state index in [1.165, 1.54) is 21.8 Å². The Labute approximate surface area is 123 Å². The van der Waals surface area contributed by atoms with Crippen LogP contribution >= 0.6 is 0 Å². The molecule has 0 atom stereocenters. The molecule has 0 N–H and O–H groups in total. The van der Waals surface area contributed by atoms with Crippen LogP contribution in [0.4, 0.5) is 0 Å². The van der Waals surface area contributed by atoms with Gasteiger partial charge in [0.1, 0.15) is 6.54 Å². The highest BCUT2D eigenvalue weighted by Crippen LogP contribution is 2.18. The summed E-state index contributed by atoms with van der Waals surface area (Å²) in [6.45, 7) is 3.38. The number of nitrogens with zero attached hydrogens (tertiary/aromatic N) is 2. The minimum Gasteiger partial charge on any atom is -0.336 e. The van der Waals surface area contributed by atoms with Crippen LogP contribution in [-0.4, -0.2) is 21.9 Å². The molecule has 0 radical (unpaired) electrons. The largest absolute Gasteiger partial charge is 0.336 e. The van der Waals surface area contributed by atoms with Gasteiger partial charge in [0.05, 0.1) is 0 Å². The minimum atomic E-state index is -0.133. The van der Waals surface area contributed by atoms with E-state index in [1.807, 2.05) is 24.0 Å². The first-order chi connectivity index (χ1) is 10.1. The molecule has 1 amide bonds. The number of carbonyl (C=O) groups excluding carboxylic acids is 1. The lowest BCUT2D eigenvalue weighted by atomic mass is 10.00.